The number of aromatic nitrogens is 1. The van der Waals surface area contributed by atoms with Crippen LogP contribution in [0.4, 0.5) is 10.5 Å². The molecule has 1 aromatic heterocycles. The normalized spacial score (nSPS) is 11.7. The van der Waals surface area contributed by atoms with E-state index in [2.05, 4.69) is 26.6 Å². The van der Waals surface area contributed by atoms with Gasteiger partial charge in [0.15, 0.2) is 0 Å². The SMILES string of the molecule is CNC(=O)c1ccc(NC(=O)NC(C)CCc2cccn2C)c(C)c1. The predicted octanol–water partition coefficient (Wildman–Crippen LogP) is 2.84. The van der Waals surface area contributed by atoms with Gasteiger partial charge in [-0.1, -0.05) is 0 Å². The summed E-state index contributed by atoms with van der Waals surface area (Å²) in [6.45, 7) is 3.85. The first kappa shape index (κ1) is 18.6. The molecule has 0 spiro atoms. The van der Waals surface area contributed by atoms with Crippen LogP contribution in [0.5, 0.6) is 0 Å². The van der Waals surface area contributed by atoms with Crippen molar-refractivity contribution in [3.8, 4) is 0 Å². The van der Waals surface area contributed by atoms with E-state index < -0.39 is 0 Å². The lowest BCUT2D eigenvalue weighted by Crippen LogP contribution is -2.36. The maximum atomic E-state index is 12.2. The van der Waals surface area contributed by atoms with Gasteiger partial charge in [0.2, 0.25) is 0 Å². The number of rotatable bonds is 6. The van der Waals surface area contributed by atoms with Crippen molar-refractivity contribution in [2.45, 2.75) is 32.7 Å². The smallest absolute Gasteiger partial charge is 0.319 e. The second kappa shape index (κ2) is 8.37. The molecule has 1 atom stereocenters. The molecule has 0 radical (unpaired) electrons. The molecule has 0 aliphatic rings. The second-order valence-corrected chi connectivity index (χ2v) is 6.26. The molecule has 1 heterocycles. The van der Waals surface area contributed by atoms with Gasteiger partial charge in [0.25, 0.3) is 5.91 Å². The summed E-state index contributed by atoms with van der Waals surface area (Å²) in [5, 5.41) is 8.37. The monoisotopic (exact) mass is 342 g/mol. The number of hydrogen-bond acceptors (Lipinski definition) is 2. The van der Waals surface area contributed by atoms with E-state index in [0.29, 0.717) is 11.3 Å². The fourth-order valence-electron chi connectivity index (χ4n) is 2.66. The van der Waals surface area contributed by atoms with Crippen LogP contribution >= 0.6 is 0 Å². The summed E-state index contributed by atoms with van der Waals surface area (Å²) >= 11 is 0. The molecule has 25 heavy (non-hydrogen) atoms. The number of hydrogen-bond donors (Lipinski definition) is 3. The highest BCUT2D eigenvalue weighted by atomic mass is 16.2. The summed E-state index contributed by atoms with van der Waals surface area (Å²) in [5.74, 6) is -0.145. The molecule has 2 aromatic rings. The number of anilines is 1. The molecule has 3 N–H and O–H groups in total. The molecule has 0 fully saturated rings. The van der Waals surface area contributed by atoms with E-state index in [1.54, 1.807) is 25.2 Å². The molecule has 0 saturated carbocycles. The Morgan fingerprint density at radius 2 is 2.00 bits per heavy atom. The van der Waals surface area contributed by atoms with Crippen LogP contribution in [-0.2, 0) is 13.5 Å². The molecular formula is C19H26N4O2. The minimum Gasteiger partial charge on any atom is -0.355 e. The zero-order valence-electron chi connectivity index (χ0n) is 15.2. The molecule has 0 aliphatic heterocycles. The summed E-state index contributed by atoms with van der Waals surface area (Å²) in [6, 6.07) is 9.12. The molecule has 6 heteroatoms. The van der Waals surface area contributed by atoms with Crippen molar-refractivity contribution in [2.24, 2.45) is 7.05 Å². The van der Waals surface area contributed by atoms with Crippen LogP contribution in [0.3, 0.4) is 0 Å². The van der Waals surface area contributed by atoms with Gasteiger partial charge in [0.05, 0.1) is 0 Å². The van der Waals surface area contributed by atoms with Crippen molar-refractivity contribution in [3.63, 3.8) is 0 Å². The number of benzene rings is 1. The van der Waals surface area contributed by atoms with E-state index >= 15 is 0 Å². The molecule has 0 saturated heterocycles. The number of nitrogens with zero attached hydrogens (tertiary/aromatic N) is 1. The van der Waals surface area contributed by atoms with Gasteiger partial charge in [-0.2, -0.15) is 0 Å². The Morgan fingerprint density at radius 1 is 1.24 bits per heavy atom. The van der Waals surface area contributed by atoms with E-state index in [-0.39, 0.29) is 18.0 Å². The Morgan fingerprint density at radius 3 is 2.60 bits per heavy atom. The molecule has 2 rings (SSSR count). The number of urea groups is 1. The van der Waals surface area contributed by atoms with Gasteiger partial charge < -0.3 is 20.5 Å². The van der Waals surface area contributed by atoms with E-state index in [1.165, 1.54) is 5.69 Å². The van der Waals surface area contributed by atoms with Crippen LogP contribution in [-0.4, -0.2) is 29.6 Å². The summed E-state index contributed by atoms with van der Waals surface area (Å²) in [6.07, 6.45) is 3.79. The van der Waals surface area contributed by atoms with E-state index in [9.17, 15) is 9.59 Å². The number of aryl methyl sites for hydroxylation is 3. The Hall–Kier alpha value is -2.76. The average molecular weight is 342 g/mol. The fourth-order valence-corrected chi connectivity index (χ4v) is 2.66. The first-order valence-electron chi connectivity index (χ1n) is 8.41. The van der Waals surface area contributed by atoms with Crippen molar-refractivity contribution >= 4 is 17.6 Å². The lowest BCUT2D eigenvalue weighted by Gasteiger charge is -2.16. The van der Waals surface area contributed by atoms with Crippen molar-refractivity contribution in [1.82, 2.24) is 15.2 Å². The Bertz CT molecular complexity index is 752. The van der Waals surface area contributed by atoms with Crippen LogP contribution in [0, 0.1) is 6.92 Å². The molecule has 0 bridgehead atoms. The summed E-state index contributed by atoms with van der Waals surface area (Å²) < 4.78 is 2.09. The molecule has 134 valence electrons. The highest BCUT2D eigenvalue weighted by Gasteiger charge is 2.11. The third-order valence-corrected chi connectivity index (χ3v) is 4.23. The molecule has 0 aliphatic carbocycles. The zero-order valence-corrected chi connectivity index (χ0v) is 15.2. The lowest BCUT2D eigenvalue weighted by atomic mass is 10.1. The number of carbonyl (C=O) groups excluding carboxylic acids is 2. The largest absolute Gasteiger partial charge is 0.355 e. The summed E-state index contributed by atoms with van der Waals surface area (Å²) in [5.41, 5.74) is 3.35. The van der Waals surface area contributed by atoms with E-state index in [4.69, 9.17) is 0 Å². The van der Waals surface area contributed by atoms with Crippen LogP contribution in [0.15, 0.2) is 36.5 Å². The first-order chi connectivity index (χ1) is 11.9. The topological polar surface area (TPSA) is 75.2 Å². The third-order valence-electron chi connectivity index (χ3n) is 4.23. The Balaban J connectivity index is 1.87. The molecule has 1 unspecified atom stereocenters. The maximum absolute atomic E-state index is 12.2. The van der Waals surface area contributed by atoms with Gasteiger partial charge in [-0.05, 0) is 62.6 Å². The Labute approximate surface area is 148 Å². The van der Waals surface area contributed by atoms with Crippen molar-refractivity contribution in [2.75, 3.05) is 12.4 Å². The van der Waals surface area contributed by atoms with Gasteiger partial charge in [0.1, 0.15) is 0 Å². The standard InChI is InChI=1S/C19H26N4O2/c1-13-12-15(18(24)20-3)8-10-17(13)22-19(25)21-14(2)7-9-16-6-5-11-23(16)4/h5-6,8,10-12,14H,7,9H2,1-4H3,(H,20,24)(H2,21,22,25). The molecule has 6 nitrogen and oxygen atoms in total. The van der Waals surface area contributed by atoms with Crippen molar-refractivity contribution in [1.29, 1.82) is 0 Å². The highest BCUT2D eigenvalue weighted by Crippen LogP contribution is 2.16. The maximum Gasteiger partial charge on any atom is 0.319 e. The van der Waals surface area contributed by atoms with Gasteiger partial charge in [-0.25, -0.2) is 4.79 Å². The van der Waals surface area contributed by atoms with Crippen LogP contribution in [0.25, 0.3) is 0 Å². The third kappa shape index (κ3) is 5.11. The molecule has 3 amide bonds. The highest BCUT2D eigenvalue weighted by molar-refractivity contribution is 5.96. The zero-order chi connectivity index (χ0) is 18.4. The van der Waals surface area contributed by atoms with E-state index in [0.717, 1.165) is 18.4 Å². The van der Waals surface area contributed by atoms with Crippen LogP contribution in [0.2, 0.25) is 0 Å². The molecular weight excluding hydrogens is 316 g/mol. The van der Waals surface area contributed by atoms with Gasteiger partial charge in [-0.3, -0.25) is 4.79 Å². The summed E-state index contributed by atoms with van der Waals surface area (Å²) in [4.78, 5) is 23.8. The fraction of sp³-hybridized carbons (Fsp3) is 0.368. The summed E-state index contributed by atoms with van der Waals surface area (Å²) in [7, 11) is 3.61. The number of amides is 3. The number of nitrogens with one attached hydrogen (secondary N) is 3. The van der Waals surface area contributed by atoms with Crippen LogP contribution < -0.4 is 16.0 Å². The van der Waals surface area contributed by atoms with E-state index in [1.807, 2.05) is 33.2 Å². The number of carbonyl (C=O) groups is 2. The Kier molecular flexibility index (Phi) is 6.22. The van der Waals surface area contributed by atoms with Crippen molar-refractivity contribution in [3.05, 3.63) is 53.3 Å². The minimum atomic E-state index is -0.241. The quantitative estimate of drug-likeness (QED) is 0.755. The average Bonchev–Trinajstić information content (AvgIpc) is 2.99. The van der Waals surface area contributed by atoms with Gasteiger partial charge in [0, 0.05) is 43.3 Å². The second-order valence-electron chi connectivity index (χ2n) is 6.26. The lowest BCUT2D eigenvalue weighted by molar-refractivity contribution is 0.0963. The van der Waals surface area contributed by atoms with Crippen molar-refractivity contribution < 1.29 is 9.59 Å². The first-order valence-corrected chi connectivity index (χ1v) is 8.41. The molecule has 1 aromatic carbocycles. The van der Waals surface area contributed by atoms with Crippen LogP contribution in [0.1, 0.15) is 35.0 Å². The minimum absolute atomic E-state index is 0.0559. The predicted molar refractivity (Wildman–Crippen MR) is 99.9 cm³/mol. The van der Waals surface area contributed by atoms with Gasteiger partial charge >= 0.3 is 6.03 Å². The van der Waals surface area contributed by atoms with Gasteiger partial charge in [-0.15, -0.1) is 0 Å².